The first kappa shape index (κ1) is 22.4. The van der Waals surface area contributed by atoms with Gasteiger partial charge in [0.2, 0.25) is 0 Å². The third-order valence-corrected chi connectivity index (χ3v) is 6.25. The molecule has 0 radical (unpaired) electrons. The smallest absolute Gasteiger partial charge is 0.301 e. The molecule has 176 valence electrons. The molecule has 0 aliphatic carbocycles. The van der Waals surface area contributed by atoms with Crippen LogP contribution in [0.4, 0.5) is 5.69 Å². The minimum atomic E-state index is -0.285. The largest absolute Gasteiger partial charge is 0.496 e. The summed E-state index contributed by atoms with van der Waals surface area (Å²) >= 11 is 0. The molecule has 1 heterocycles. The third kappa shape index (κ3) is 4.06. The Morgan fingerprint density at radius 1 is 0.857 bits per heavy atom. The Labute approximate surface area is 202 Å². The molecule has 0 amide bonds. The predicted octanol–water partition coefficient (Wildman–Crippen LogP) is 6.20. The van der Waals surface area contributed by atoms with Crippen molar-refractivity contribution in [1.82, 2.24) is 10.3 Å². The summed E-state index contributed by atoms with van der Waals surface area (Å²) in [6.45, 7) is 0.892. The molecular weight excluding hydrogens is 442 g/mol. The lowest BCUT2D eigenvalue weighted by molar-refractivity contribution is -0.382. The van der Waals surface area contributed by atoms with Crippen LogP contribution in [-0.2, 0) is 13.1 Å². The fraction of sp³-hybridized carbons (Fsp3) is 0.143. The van der Waals surface area contributed by atoms with Gasteiger partial charge in [0.1, 0.15) is 17.0 Å². The highest BCUT2D eigenvalue weighted by Gasteiger charge is 2.26. The zero-order chi connectivity index (χ0) is 24.4. The zero-order valence-corrected chi connectivity index (χ0v) is 19.5. The standard InChI is InChI=1S/C28H25N3O4/c1-34-24-13-8-14-25(35-2)22(24)17-29-16-19-15-21-20-11-6-7-12-23(20)30-27(21)28(31(32)33)26(19)18-9-4-3-5-10-18/h3-15,29-30H,16-17H2,1-2H3. The maximum absolute atomic E-state index is 12.4. The van der Waals surface area contributed by atoms with Gasteiger partial charge < -0.3 is 19.8 Å². The number of H-pyrrole nitrogens is 1. The number of nitro groups is 1. The van der Waals surface area contributed by atoms with E-state index in [9.17, 15) is 10.1 Å². The molecule has 0 atom stereocenters. The van der Waals surface area contributed by atoms with Gasteiger partial charge in [-0.25, -0.2) is 0 Å². The second-order valence-electron chi connectivity index (χ2n) is 8.22. The first-order valence-corrected chi connectivity index (χ1v) is 11.3. The van der Waals surface area contributed by atoms with E-state index in [0.717, 1.165) is 44.5 Å². The average Bonchev–Trinajstić information content (AvgIpc) is 3.26. The summed E-state index contributed by atoms with van der Waals surface area (Å²) in [5.41, 5.74) is 4.62. The summed E-state index contributed by atoms with van der Waals surface area (Å²) in [5.74, 6) is 1.44. The number of benzene rings is 4. The van der Waals surface area contributed by atoms with Gasteiger partial charge in [-0.1, -0.05) is 54.6 Å². The van der Waals surface area contributed by atoms with Crippen LogP contribution in [0.3, 0.4) is 0 Å². The molecule has 0 saturated heterocycles. The van der Waals surface area contributed by atoms with E-state index in [-0.39, 0.29) is 10.6 Å². The van der Waals surface area contributed by atoms with Gasteiger partial charge in [-0.05, 0) is 35.4 Å². The van der Waals surface area contributed by atoms with E-state index in [0.29, 0.717) is 24.2 Å². The van der Waals surface area contributed by atoms with E-state index in [1.807, 2.05) is 72.8 Å². The molecule has 0 bridgehead atoms. The molecule has 0 aliphatic heterocycles. The third-order valence-electron chi connectivity index (χ3n) is 6.25. The molecule has 35 heavy (non-hydrogen) atoms. The van der Waals surface area contributed by atoms with Crippen LogP contribution in [0.1, 0.15) is 11.1 Å². The highest BCUT2D eigenvalue weighted by atomic mass is 16.6. The van der Waals surface area contributed by atoms with Crippen molar-refractivity contribution >= 4 is 27.5 Å². The molecule has 2 N–H and O–H groups in total. The topological polar surface area (TPSA) is 89.4 Å². The maximum Gasteiger partial charge on any atom is 0.301 e. The van der Waals surface area contributed by atoms with E-state index < -0.39 is 0 Å². The average molecular weight is 468 g/mol. The van der Waals surface area contributed by atoms with Crippen LogP contribution < -0.4 is 14.8 Å². The monoisotopic (exact) mass is 467 g/mol. The number of hydrogen-bond acceptors (Lipinski definition) is 5. The molecule has 5 rings (SSSR count). The molecule has 0 unspecified atom stereocenters. The van der Waals surface area contributed by atoms with Gasteiger partial charge in [-0.2, -0.15) is 0 Å². The van der Waals surface area contributed by atoms with Crippen molar-refractivity contribution in [2.75, 3.05) is 14.2 Å². The van der Waals surface area contributed by atoms with E-state index in [4.69, 9.17) is 9.47 Å². The zero-order valence-electron chi connectivity index (χ0n) is 19.5. The quantitative estimate of drug-likeness (QED) is 0.209. The molecule has 0 saturated carbocycles. The number of hydrogen-bond donors (Lipinski definition) is 2. The Bertz CT molecular complexity index is 1500. The summed E-state index contributed by atoms with van der Waals surface area (Å²) in [6, 6.07) is 25.0. The summed E-state index contributed by atoms with van der Waals surface area (Å²) in [5, 5.41) is 17.7. The number of rotatable bonds is 8. The Morgan fingerprint density at radius 3 is 2.23 bits per heavy atom. The minimum absolute atomic E-state index is 0.0802. The van der Waals surface area contributed by atoms with Crippen molar-refractivity contribution in [3.63, 3.8) is 0 Å². The summed E-state index contributed by atoms with van der Waals surface area (Å²) in [6.07, 6.45) is 0. The SMILES string of the molecule is COc1cccc(OC)c1CNCc1cc2c([nH]c3ccccc32)c([N+](=O)[O-])c1-c1ccccc1. The lowest BCUT2D eigenvalue weighted by atomic mass is 9.94. The number of methoxy groups -OCH3 is 2. The number of nitro benzene ring substituents is 1. The van der Waals surface area contributed by atoms with Gasteiger partial charge in [0, 0.05) is 34.9 Å². The highest BCUT2D eigenvalue weighted by molar-refractivity contribution is 6.13. The normalized spacial score (nSPS) is 11.1. The first-order chi connectivity index (χ1) is 17.1. The lowest BCUT2D eigenvalue weighted by Crippen LogP contribution is -2.15. The van der Waals surface area contributed by atoms with Gasteiger partial charge in [0.15, 0.2) is 0 Å². The number of nitrogens with one attached hydrogen (secondary N) is 2. The van der Waals surface area contributed by atoms with Crippen molar-refractivity contribution < 1.29 is 14.4 Å². The Morgan fingerprint density at radius 2 is 1.54 bits per heavy atom. The van der Waals surface area contributed by atoms with Gasteiger partial charge in [0.05, 0.1) is 24.7 Å². The van der Waals surface area contributed by atoms with Gasteiger partial charge in [-0.15, -0.1) is 0 Å². The molecule has 4 aromatic carbocycles. The Hall–Kier alpha value is -4.36. The predicted molar refractivity (Wildman–Crippen MR) is 138 cm³/mol. The first-order valence-electron chi connectivity index (χ1n) is 11.3. The van der Waals surface area contributed by atoms with Crippen LogP contribution in [0, 0.1) is 10.1 Å². The Kier molecular flexibility index (Phi) is 6.08. The number of aromatic amines is 1. The molecule has 7 heteroatoms. The second kappa shape index (κ2) is 9.48. The van der Waals surface area contributed by atoms with E-state index in [1.54, 1.807) is 14.2 Å². The number of para-hydroxylation sites is 1. The fourth-order valence-electron chi connectivity index (χ4n) is 4.70. The van der Waals surface area contributed by atoms with Crippen LogP contribution in [0.5, 0.6) is 11.5 Å². The minimum Gasteiger partial charge on any atom is -0.496 e. The highest BCUT2D eigenvalue weighted by Crippen LogP contribution is 2.42. The number of aromatic nitrogens is 1. The fourth-order valence-corrected chi connectivity index (χ4v) is 4.70. The van der Waals surface area contributed by atoms with Crippen LogP contribution in [0.2, 0.25) is 0 Å². The number of ether oxygens (including phenoxy) is 2. The molecule has 0 spiro atoms. The van der Waals surface area contributed by atoms with E-state index in [2.05, 4.69) is 16.4 Å². The van der Waals surface area contributed by atoms with Gasteiger partial charge in [0.25, 0.3) is 0 Å². The summed E-state index contributed by atoms with van der Waals surface area (Å²) < 4.78 is 11.0. The van der Waals surface area contributed by atoms with Crippen molar-refractivity contribution in [3.8, 4) is 22.6 Å². The molecule has 0 aliphatic rings. The molecule has 7 nitrogen and oxygen atoms in total. The second-order valence-corrected chi connectivity index (χ2v) is 8.22. The Balaban J connectivity index is 1.64. The maximum atomic E-state index is 12.4. The van der Waals surface area contributed by atoms with Crippen molar-refractivity contribution in [2.24, 2.45) is 0 Å². The van der Waals surface area contributed by atoms with E-state index in [1.165, 1.54) is 0 Å². The van der Waals surface area contributed by atoms with Crippen molar-refractivity contribution in [3.05, 3.63) is 100 Å². The number of nitrogens with zero attached hydrogens (tertiary/aromatic N) is 1. The van der Waals surface area contributed by atoms with Crippen LogP contribution >= 0.6 is 0 Å². The lowest BCUT2D eigenvalue weighted by Gasteiger charge is -2.16. The van der Waals surface area contributed by atoms with Crippen LogP contribution in [-0.4, -0.2) is 24.1 Å². The van der Waals surface area contributed by atoms with Gasteiger partial charge in [-0.3, -0.25) is 10.1 Å². The molecule has 5 aromatic rings. The van der Waals surface area contributed by atoms with E-state index >= 15 is 0 Å². The summed E-state index contributed by atoms with van der Waals surface area (Å²) in [4.78, 5) is 15.4. The molecular formula is C28H25N3O4. The number of fused-ring (bicyclic) bond motifs is 3. The van der Waals surface area contributed by atoms with Crippen LogP contribution in [0.15, 0.2) is 78.9 Å². The van der Waals surface area contributed by atoms with Crippen molar-refractivity contribution in [1.29, 1.82) is 0 Å². The van der Waals surface area contributed by atoms with Gasteiger partial charge >= 0.3 is 5.69 Å². The van der Waals surface area contributed by atoms with Crippen molar-refractivity contribution in [2.45, 2.75) is 13.1 Å². The molecule has 1 aromatic heterocycles. The van der Waals surface area contributed by atoms with Crippen LogP contribution in [0.25, 0.3) is 32.9 Å². The molecule has 0 fully saturated rings. The summed E-state index contributed by atoms with van der Waals surface area (Å²) in [7, 11) is 3.25.